The standard InChI is InChI=1S/C24H50NO/c1-3-5-7-9-11-12-13-14-16-18-20-25(21-23-26-24-22-25)19-17-15-10-8-6-4-2/h3-24H2,1-2H3/q+1. The Hall–Kier alpha value is -0.0800. The molecule has 0 spiro atoms. The highest BCUT2D eigenvalue weighted by Crippen LogP contribution is 2.18. The Labute approximate surface area is 165 Å². The number of unbranched alkanes of at least 4 members (excludes halogenated alkanes) is 14. The molecular weight excluding hydrogens is 318 g/mol. The second-order valence-electron chi connectivity index (χ2n) is 8.80. The maximum absolute atomic E-state index is 5.67. The Morgan fingerprint density at radius 1 is 0.500 bits per heavy atom. The largest absolute Gasteiger partial charge is 0.370 e. The molecule has 0 atom stereocenters. The van der Waals surface area contributed by atoms with E-state index in [0.717, 1.165) is 13.2 Å². The highest BCUT2D eigenvalue weighted by Gasteiger charge is 2.29. The van der Waals surface area contributed by atoms with Gasteiger partial charge in [-0.1, -0.05) is 90.9 Å². The van der Waals surface area contributed by atoms with E-state index < -0.39 is 0 Å². The first-order valence-electron chi connectivity index (χ1n) is 12.3. The first-order chi connectivity index (χ1) is 12.8. The zero-order valence-electron chi connectivity index (χ0n) is 18.4. The number of quaternary nitrogens is 1. The van der Waals surface area contributed by atoms with Crippen LogP contribution in [0.2, 0.25) is 0 Å². The predicted octanol–water partition coefficient (Wildman–Crippen LogP) is 7.11. The monoisotopic (exact) mass is 368 g/mol. The summed E-state index contributed by atoms with van der Waals surface area (Å²) >= 11 is 0. The second kappa shape index (κ2) is 17.0. The number of ether oxygens (including phenoxy) is 1. The summed E-state index contributed by atoms with van der Waals surface area (Å²) in [6.07, 6.45) is 23.0. The van der Waals surface area contributed by atoms with E-state index in [4.69, 9.17) is 4.74 Å². The minimum absolute atomic E-state index is 0.994. The molecule has 0 bridgehead atoms. The summed E-state index contributed by atoms with van der Waals surface area (Å²) in [4.78, 5) is 0. The summed E-state index contributed by atoms with van der Waals surface area (Å²) in [5.41, 5.74) is 0. The van der Waals surface area contributed by atoms with Crippen LogP contribution in [0, 0.1) is 0 Å². The van der Waals surface area contributed by atoms with Crippen LogP contribution in [0.1, 0.15) is 117 Å². The van der Waals surface area contributed by atoms with Crippen molar-refractivity contribution >= 4 is 0 Å². The topological polar surface area (TPSA) is 9.23 Å². The third-order valence-electron chi connectivity index (χ3n) is 6.39. The number of hydrogen-bond acceptors (Lipinski definition) is 1. The third kappa shape index (κ3) is 12.3. The van der Waals surface area contributed by atoms with Crippen molar-refractivity contribution in [3.63, 3.8) is 0 Å². The lowest BCUT2D eigenvalue weighted by Crippen LogP contribution is -2.56. The van der Waals surface area contributed by atoms with E-state index >= 15 is 0 Å². The smallest absolute Gasteiger partial charge is 0.102 e. The molecule has 1 aliphatic rings. The minimum atomic E-state index is 0.994. The summed E-state index contributed by atoms with van der Waals surface area (Å²) in [5.74, 6) is 0. The van der Waals surface area contributed by atoms with Crippen LogP contribution in [0.25, 0.3) is 0 Å². The Morgan fingerprint density at radius 2 is 0.846 bits per heavy atom. The lowest BCUT2D eigenvalue weighted by Gasteiger charge is -2.41. The quantitative estimate of drug-likeness (QED) is 0.185. The lowest BCUT2D eigenvalue weighted by atomic mass is 10.1. The van der Waals surface area contributed by atoms with Crippen LogP contribution < -0.4 is 0 Å². The lowest BCUT2D eigenvalue weighted by molar-refractivity contribution is -0.935. The number of morpholine rings is 1. The first kappa shape index (κ1) is 24.0. The average Bonchev–Trinajstić information content (AvgIpc) is 2.67. The number of nitrogens with zero attached hydrogens (tertiary/aromatic N) is 1. The summed E-state index contributed by atoms with van der Waals surface area (Å²) in [5, 5.41) is 0. The molecule has 0 aromatic heterocycles. The van der Waals surface area contributed by atoms with E-state index in [-0.39, 0.29) is 0 Å². The summed E-state index contributed by atoms with van der Waals surface area (Å²) < 4.78 is 7.03. The van der Waals surface area contributed by atoms with Gasteiger partial charge in [0.2, 0.25) is 0 Å². The molecule has 0 saturated carbocycles. The number of hydrogen-bond donors (Lipinski definition) is 0. The second-order valence-corrected chi connectivity index (χ2v) is 8.80. The van der Waals surface area contributed by atoms with E-state index in [1.165, 1.54) is 133 Å². The molecule has 0 amide bonds. The van der Waals surface area contributed by atoms with Gasteiger partial charge in [0.1, 0.15) is 13.1 Å². The molecule has 26 heavy (non-hydrogen) atoms. The molecule has 1 heterocycles. The highest BCUT2D eigenvalue weighted by atomic mass is 16.5. The fourth-order valence-corrected chi connectivity index (χ4v) is 4.45. The van der Waals surface area contributed by atoms with Crippen LogP contribution in [0.3, 0.4) is 0 Å². The van der Waals surface area contributed by atoms with Crippen LogP contribution >= 0.6 is 0 Å². The molecule has 1 saturated heterocycles. The zero-order chi connectivity index (χ0) is 18.8. The van der Waals surface area contributed by atoms with Crippen molar-refractivity contribution in [2.75, 3.05) is 39.4 Å². The van der Waals surface area contributed by atoms with Gasteiger partial charge in [0.25, 0.3) is 0 Å². The van der Waals surface area contributed by atoms with Gasteiger partial charge in [0, 0.05) is 0 Å². The maximum atomic E-state index is 5.67. The van der Waals surface area contributed by atoms with Crippen molar-refractivity contribution in [3.8, 4) is 0 Å². The molecule has 0 aromatic rings. The maximum Gasteiger partial charge on any atom is 0.102 e. The van der Waals surface area contributed by atoms with Crippen molar-refractivity contribution in [2.24, 2.45) is 0 Å². The van der Waals surface area contributed by atoms with Crippen molar-refractivity contribution in [2.45, 2.75) is 117 Å². The summed E-state index contributed by atoms with van der Waals surface area (Å²) in [6.45, 7) is 12.0. The van der Waals surface area contributed by atoms with E-state index in [1.54, 1.807) is 0 Å². The van der Waals surface area contributed by atoms with Gasteiger partial charge in [-0.3, -0.25) is 0 Å². The molecular formula is C24H50NO+. The summed E-state index contributed by atoms with van der Waals surface area (Å²) in [6, 6.07) is 0. The van der Waals surface area contributed by atoms with Crippen molar-refractivity contribution < 1.29 is 9.22 Å². The van der Waals surface area contributed by atoms with Crippen LogP contribution in [-0.2, 0) is 4.74 Å². The van der Waals surface area contributed by atoms with E-state index in [0.29, 0.717) is 0 Å². The van der Waals surface area contributed by atoms with Gasteiger partial charge < -0.3 is 9.22 Å². The van der Waals surface area contributed by atoms with E-state index in [1.807, 2.05) is 0 Å². The van der Waals surface area contributed by atoms with Crippen molar-refractivity contribution in [1.82, 2.24) is 0 Å². The minimum Gasteiger partial charge on any atom is -0.370 e. The molecule has 156 valence electrons. The molecule has 1 aliphatic heterocycles. The molecule has 0 aromatic carbocycles. The van der Waals surface area contributed by atoms with Gasteiger partial charge >= 0.3 is 0 Å². The molecule has 0 radical (unpaired) electrons. The van der Waals surface area contributed by atoms with Gasteiger partial charge in [-0.15, -0.1) is 0 Å². The number of rotatable bonds is 18. The van der Waals surface area contributed by atoms with E-state index in [2.05, 4.69) is 13.8 Å². The van der Waals surface area contributed by atoms with Crippen LogP contribution in [0.15, 0.2) is 0 Å². The highest BCUT2D eigenvalue weighted by molar-refractivity contribution is 4.54. The average molecular weight is 369 g/mol. The van der Waals surface area contributed by atoms with Gasteiger partial charge in [0.05, 0.1) is 26.3 Å². The summed E-state index contributed by atoms with van der Waals surface area (Å²) in [7, 11) is 0. The normalized spacial score (nSPS) is 16.8. The van der Waals surface area contributed by atoms with Gasteiger partial charge in [0.15, 0.2) is 0 Å². The van der Waals surface area contributed by atoms with Crippen LogP contribution in [0.5, 0.6) is 0 Å². The Balaban J connectivity index is 2.06. The zero-order valence-corrected chi connectivity index (χ0v) is 18.4. The predicted molar refractivity (Wildman–Crippen MR) is 116 cm³/mol. The van der Waals surface area contributed by atoms with Crippen LogP contribution in [0.4, 0.5) is 0 Å². The van der Waals surface area contributed by atoms with Crippen molar-refractivity contribution in [1.29, 1.82) is 0 Å². The molecule has 1 rings (SSSR count). The molecule has 0 N–H and O–H groups in total. The Morgan fingerprint density at radius 3 is 1.23 bits per heavy atom. The Bertz CT molecular complexity index is 286. The molecule has 0 unspecified atom stereocenters. The van der Waals surface area contributed by atoms with Gasteiger partial charge in [-0.2, -0.15) is 0 Å². The molecule has 1 fully saturated rings. The Kier molecular flexibility index (Phi) is 15.7. The fraction of sp³-hybridized carbons (Fsp3) is 1.00. The van der Waals surface area contributed by atoms with Gasteiger partial charge in [-0.25, -0.2) is 0 Å². The molecule has 0 aliphatic carbocycles. The van der Waals surface area contributed by atoms with E-state index in [9.17, 15) is 0 Å². The fourth-order valence-electron chi connectivity index (χ4n) is 4.45. The first-order valence-corrected chi connectivity index (χ1v) is 12.3. The molecule has 2 nitrogen and oxygen atoms in total. The molecule has 2 heteroatoms. The van der Waals surface area contributed by atoms with Crippen LogP contribution in [-0.4, -0.2) is 43.9 Å². The third-order valence-corrected chi connectivity index (χ3v) is 6.39. The van der Waals surface area contributed by atoms with Crippen molar-refractivity contribution in [3.05, 3.63) is 0 Å². The van der Waals surface area contributed by atoms with Gasteiger partial charge in [-0.05, 0) is 25.7 Å². The SMILES string of the molecule is CCCCCCCCCCCC[N+]1(CCCCCCCC)CCOCC1.